The molecular formula is C32H43Cl3N4O3. The molecule has 10 heteroatoms. The molecule has 3 saturated heterocycles. The predicted octanol–water partition coefficient (Wildman–Crippen LogP) is 5.58. The van der Waals surface area contributed by atoms with Gasteiger partial charge < -0.3 is 19.4 Å². The lowest BCUT2D eigenvalue weighted by Gasteiger charge is -2.50. The average molecular weight is 638 g/mol. The summed E-state index contributed by atoms with van der Waals surface area (Å²) in [6.07, 6.45) is 5.91. The van der Waals surface area contributed by atoms with Crippen molar-refractivity contribution in [3.05, 3.63) is 69.7 Å². The third kappa shape index (κ3) is 6.92. The molecule has 7 nitrogen and oxygen atoms in total. The number of halogens is 3. The van der Waals surface area contributed by atoms with Crippen molar-refractivity contribution in [1.29, 1.82) is 0 Å². The topological polar surface area (TPSA) is 56.3 Å². The number of hydrogen-bond acceptors (Lipinski definition) is 5. The Morgan fingerprint density at radius 2 is 1.60 bits per heavy atom. The van der Waals surface area contributed by atoms with Gasteiger partial charge in [-0.1, -0.05) is 53.9 Å². The second kappa shape index (κ2) is 14.3. The van der Waals surface area contributed by atoms with Crippen LogP contribution >= 0.6 is 35.6 Å². The van der Waals surface area contributed by atoms with E-state index in [1.807, 2.05) is 67.5 Å². The van der Waals surface area contributed by atoms with Gasteiger partial charge in [-0.05, 0) is 75.0 Å². The van der Waals surface area contributed by atoms with Crippen LogP contribution in [0.1, 0.15) is 54.4 Å². The van der Waals surface area contributed by atoms with Gasteiger partial charge in [-0.3, -0.25) is 14.5 Å². The van der Waals surface area contributed by atoms with Crippen molar-refractivity contribution in [1.82, 2.24) is 19.6 Å². The summed E-state index contributed by atoms with van der Waals surface area (Å²) in [7, 11) is 3.76. The van der Waals surface area contributed by atoms with Crippen molar-refractivity contribution in [2.45, 2.75) is 49.7 Å². The number of nitrogens with zero attached hydrogens (tertiary/aromatic N) is 4. The van der Waals surface area contributed by atoms with E-state index < -0.39 is 11.1 Å². The molecule has 3 aliphatic heterocycles. The van der Waals surface area contributed by atoms with Crippen molar-refractivity contribution in [2.24, 2.45) is 0 Å². The van der Waals surface area contributed by atoms with Crippen molar-refractivity contribution < 1.29 is 14.3 Å². The van der Waals surface area contributed by atoms with Crippen LogP contribution in [0.3, 0.4) is 0 Å². The minimum Gasteiger partial charge on any atom is -0.367 e. The van der Waals surface area contributed by atoms with Gasteiger partial charge in [0.05, 0.1) is 23.2 Å². The van der Waals surface area contributed by atoms with E-state index >= 15 is 0 Å². The van der Waals surface area contributed by atoms with Crippen molar-refractivity contribution in [3.63, 3.8) is 0 Å². The van der Waals surface area contributed by atoms with Crippen LogP contribution in [0.25, 0.3) is 0 Å². The van der Waals surface area contributed by atoms with Gasteiger partial charge in [0.25, 0.3) is 5.91 Å². The lowest BCUT2D eigenvalue weighted by atomic mass is 9.82. The van der Waals surface area contributed by atoms with Crippen molar-refractivity contribution in [2.75, 3.05) is 66.5 Å². The van der Waals surface area contributed by atoms with Crippen LogP contribution in [0.2, 0.25) is 10.0 Å². The molecule has 230 valence electrons. The highest BCUT2D eigenvalue weighted by molar-refractivity contribution is 6.42. The Kier molecular flexibility index (Phi) is 11.2. The number of benzene rings is 2. The first-order valence-corrected chi connectivity index (χ1v) is 15.6. The van der Waals surface area contributed by atoms with Gasteiger partial charge in [-0.2, -0.15) is 0 Å². The summed E-state index contributed by atoms with van der Waals surface area (Å²) in [5.74, 6) is 0.238. The highest BCUT2D eigenvalue weighted by Crippen LogP contribution is 2.39. The van der Waals surface area contributed by atoms with E-state index in [0.29, 0.717) is 41.7 Å². The summed E-state index contributed by atoms with van der Waals surface area (Å²) in [6, 6.07) is 15.1. The summed E-state index contributed by atoms with van der Waals surface area (Å²) in [5.41, 5.74) is 0.479. The first-order chi connectivity index (χ1) is 19.7. The zero-order chi connectivity index (χ0) is 29.0. The molecule has 0 aliphatic carbocycles. The number of hydrogen-bond donors (Lipinski definition) is 0. The second-order valence-electron chi connectivity index (χ2n) is 11.9. The molecule has 3 heterocycles. The molecule has 42 heavy (non-hydrogen) atoms. The predicted molar refractivity (Wildman–Crippen MR) is 171 cm³/mol. The number of amides is 2. The fraction of sp³-hybridized carbons (Fsp3) is 0.562. The minimum absolute atomic E-state index is 0. The van der Waals surface area contributed by atoms with Crippen LogP contribution in [-0.4, -0.2) is 103 Å². The summed E-state index contributed by atoms with van der Waals surface area (Å²) in [4.78, 5) is 35.6. The van der Waals surface area contributed by atoms with E-state index in [1.165, 1.54) is 6.42 Å². The Hall–Kier alpha value is -1.87. The quantitative estimate of drug-likeness (QED) is 0.397. The summed E-state index contributed by atoms with van der Waals surface area (Å²) < 4.78 is 6.57. The highest BCUT2D eigenvalue weighted by Gasteiger charge is 2.48. The van der Waals surface area contributed by atoms with Crippen LogP contribution in [0, 0.1) is 0 Å². The second-order valence-corrected chi connectivity index (χ2v) is 12.7. The molecule has 3 aliphatic rings. The van der Waals surface area contributed by atoms with Crippen molar-refractivity contribution in [3.8, 4) is 0 Å². The average Bonchev–Trinajstić information content (AvgIpc) is 3.02. The zero-order valence-corrected chi connectivity index (χ0v) is 27.0. The van der Waals surface area contributed by atoms with Gasteiger partial charge in [0.2, 0.25) is 5.91 Å². The largest absolute Gasteiger partial charge is 0.367 e. The molecule has 0 N–H and O–H groups in total. The number of likely N-dealkylation sites (N-methyl/N-ethyl adjacent to an activating group) is 1. The molecule has 0 aromatic heterocycles. The number of carbonyl (C=O) groups is 2. The highest BCUT2D eigenvalue weighted by atomic mass is 35.5. The molecule has 1 unspecified atom stereocenters. The summed E-state index contributed by atoms with van der Waals surface area (Å²) in [6.45, 7) is 5.89. The number of rotatable bonds is 7. The van der Waals surface area contributed by atoms with E-state index in [4.69, 9.17) is 27.9 Å². The number of morpholine rings is 1. The van der Waals surface area contributed by atoms with Crippen molar-refractivity contribution >= 4 is 47.4 Å². The smallest absolute Gasteiger partial charge is 0.254 e. The SMILES string of the molecule is CN(C)C(=O)C1(N2CCCCC2)CCN(CCC2(c3ccc(Cl)c(Cl)c3)CN(C(=O)c3ccccc3)CCO2)CC1.Cl. The molecule has 3 fully saturated rings. The van der Waals surface area contributed by atoms with Gasteiger partial charge in [0.1, 0.15) is 11.1 Å². The maximum atomic E-state index is 13.5. The summed E-state index contributed by atoms with van der Waals surface area (Å²) >= 11 is 12.8. The molecule has 0 bridgehead atoms. The lowest BCUT2D eigenvalue weighted by Crippen LogP contribution is -2.64. The van der Waals surface area contributed by atoms with Gasteiger partial charge in [0.15, 0.2) is 0 Å². The third-order valence-electron chi connectivity index (χ3n) is 9.22. The monoisotopic (exact) mass is 636 g/mol. The number of likely N-dealkylation sites (tertiary alicyclic amines) is 2. The Morgan fingerprint density at radius 3 is 2.24 bits per heavy atom. The molecule has 5 rings (SSSR count). The van der Waals surface area contributed by atoms with E-state index in [9.17, 15) is 9.59 Å². The van der Waals surface area contributed by atoms with Crippen LogP contribution in [-0.2, 0) is 15.1 Å². The molecular weight excluding hydrogens is 595 g/mol. The molecule has 0 spiro atoms. The van der Waals surface area contributed by atoms with Crippen LogP contribution in [0.15, 0.2) is 48.5 Å². The fourth-order valence-electron chi connectivity index (χ4n) is 6.86. The molecule has 2 aromatic carbocycles. The standard InChI is InChI=1S/C32H42Cl2N4O3.ClH/c1-35(2)30(40)31(38-16-7-4-8-17-38)13-18-36(19-14-31)20-15-32(26-11-12-27(33)28(34)23-26)24-37(21-22-41-32)29(39)25-9-5-3-6-10-25;/h3,5-6,9-12,23H,4,7-8,13-22,24H2,1-2H3;1H. The Bertz CT molecular complexity index is 1220. The van der Waals surface area contributed by atoms with Crippen LogP contribution in [0.5, 0.6) is 0 Å². The van der Waals surface area contributed by atoms with Gasteiger partial charge >= 0.3 is 0 Å². The Balaban J connectivity index is 0.00000405. The molecule has 0 radical (unpaired) electrons. The van der Waals surface area contributed by atoms with E-state index in [1.54, 1.807) is 4.90 Å². The maximum absolute atomic E-state index is 13.5. The van der Waals surface area contributed by atoms with Crippen LogP contribution in [0.4, 0.5) is 0 Å². The van der Waals surface area contributed by atoms with Crippen LogP contribution < -0.4 is 0 Å². The van der Waals surface area contributed by atoms with E-state index in [0.717, 1.165) is 64.0 Å². The lowest BCUT2D eigenvalue weighted by molar-refractivity contribution is -0.147. The molecule has 0 saturated carbocycles. The first kappa shape index (κ1) is 33.0. The molecule has 1 atom stereocenters. The first-order valence-electron chi connectivity index (χ1n) is 14.9. The van der Waals surface area contributed by atoms with E-state index in [-0.39, 0.29) is 24.2 Å². The number of piperidine rings is 2. The Morgan fingerprint density at radius 1 is 0.905 bits per heavy atom. The number of carbonyl (C=O) groups excluding carboxylic acids is 2. The van der Waals surface area contributed by atoms with E-state index in [2.05, 4.69) is 9.80 Å². The third-order valence-corrected chi connectivity index (χ3v) is 9.96. The normalized spacial score (nSPS) is 23.2. The molecule has 2 amide bonds. The fourth-order valence-corrected chi connectivity index (χ4v) is 7.16. The minimum atomic E-state index is -0.711. The summed E-state index contributed by atoms with van der Waals surface area (Å²) in [5, 5.41) is 0.972. The maximum Gasteiger partial charge on any atom is 0.254 e. The van der Waals surface area contributed by atoms with Gasteiger partial charge in [-0.25, -0.2) is 0 Å². The van der Waals surface area contributed by atoms with Gasteiger partial charge in [0, 0.05) is 45.8 Å². The Labute approximate surface area is 266 Å². The molecule has 2 aromatic rings. The zero-order valence-electron chi connectivity index (χ0n) is 24.7. The number of ether oxygens (including phenoxy) is 1. The van der Waals surface area contributed by atoms with Gasteiger partial charge in [-0.15, -0.1) is 12.4 Å².